The minimum Gasteiger partial charge on any atom is -0.462 e. The van der Waals surface area contributed by atoms with Crippen molar-refractivity contribution in [2.45, 2.75) is 452 Å². The third-order valence-electron chi connectivity index (χ3n) is 19.7. The number of hydrogen-bond acceptors (Lipinski definition) is 15. The minimum absolute atomic E-state index is 0.106. The number of aliphatic hydroxyl groups excluding tert-OH is 1. The van der Waals surface area contributed by atoms with E-state index in [-0.39, 0.29) is 25.7 Å². The van der Waals surface area contributed by atoms with Crippen molar-refractivity contribution in [3.63, 3.8) is 0 Å². The molecule has 0 aliphatic heterocycles. The molecule has 17 nitrogen and oxygen atoms in total. The molecular weight excluding hydrogens is 1330 g/mol. The van der Waals surface area contributed by atoms with Crippen LogP contribution < -0.4 is 0 Å². The molecule has 606 valence electrons. The molecule has 0 saturated carbocycles. The molecule has 6 atom stereocenters. The standard InChI is InChI=1S/C83H162O17P2/c1-8-10-11-12-13-14-15-16-17-18-19-20-21-22-23-24-27-33-38-43-52-59-66-82(87)99-78(70-93-80(85)64-57-50-42-37-32-28-25-26-30-35-40-47-54-61-74(3)4)72-97-101(89,90)95-68-77(84)69-96-102(91,92)98-73-79(71-94-81(86)65-58-51-46-45-49-56-63-76(7)9-2)100-83(88)67-60-53-44-39-34-29-31-36-41-48-55-62-75(5)6/h74-79,84H,8-73H2,1-7H3,(H,89,90)(H,91,92)/t76?,77-,78-,79-/m1/s1. The van der Waals surface area contributed by atoms with Gasteiger partial charge in [0, 0.05) is 25.7 Å². The second-order valence-electron chi connectivity index (χ2n) is 31.1. The van der Waals surface area contributed by atoms with E-state index < -0.39 is 97.5 Å². The fourth-order valence-corrected chi connectivity index (χ4v) is 14.4. The molecule has 0 spiro atoms. The first kappa shape index (κ1) is 100. The molecule has 3 unspecified atom stereocenters. The number of carbonyl (C=O) groups is 4. The summed E-state index contributed by atoms with van der Waals surface area (Å²) < 4.78 is 68.8. The van der Waals surface area contributed by atoms with Crippen molar-refractivity contribution in [3.05, 3.63) is 0 Å². The Bertz CT molecular complexity index is 1980. The van der Waals surface area contributed by atoms with Crippen LogP contribution >= 0.6 is 15.6 Å². The molecule has 102 heavy (non-hydrogen) atoms. The van der Waals surface area contributed by atoms with Crippen molar-refractivity contribution in [1.29, 1.82) is 0 Å². The predicted molar refractivity (Wildman–Crippen MR) is 418 cm³/mol. The molecule has 0 heterocycles. The van der Waals surface area contributed by atoms with Crippen molar-refractivity contribution in [2.75, 3.05) is 39.6 Å². The lowest BCUT2D eigenvalue weighted by Crippen LogP contribution is -2.30. The first-order valence-corrected chi connectivity index (χ1v) is 45.9. The normalized spacial score (nSPS) is 14.2. The summed E-state index contributed by atoms with van der Waals surface area (Å²) in [6, 6.07) is 0. The van der Waals surface area contributed by atoms with Gasteiger partial charge >= 0.3 is 39.5 Å². The van der Waals surface area contributed by atoms with Crippen LogP contribution in [0.15, 0.2) is 0 Å². The summed E-state index contributed by atoms with van der Waals surface area (Å²) >= 11 is 0. The molecule has 0 aromatic heterocycles. The predicted octanol–water partition coefficient (Wildman–Crippen LogP) is 24.9. The van der Waals surface area contributed by atoms with E-state index >= 15 is 0 Å². The minimum atomic E-state index is -4.96. The van der Waals surface area contributed by atoms with Crippen LogP contribution in [0.5, 0.6) is 0 Å². The number of phosphoric acid groups is 2. The molecule has 0 bridgehead atoms. The zero-order valence-electron chi connectivity index (χ0n) is 67.1. The Morgan fingerprint density at radius 1 is 0.284 bits per heavy atom. The quantitative estimate of drug-likeness (QED) is 0.0222. The lowest BCUT2D eigenvalue weighted by atomic mass is 10.00. The number of carbonyl (C=O) groups excluding carboxylic acids is 4. The Labute approximate surface area is 626 Å². The Kier molecular flexibility index (Phi) is 71.8. The smallest absolute Gasteiger partial charge is 0.462 e. The van der Waals surface area contributed by atoms with E-state index in [1.165, 1.54) is 238 Å². The Morgan fingerprint density at radius 3 is 0.745 bits per heavy atom. The SMILES string of the molecule is CCCCCCCCCCCCCCCCCCCCCCCCC(=O)O[C@H](COC(=O)CCCCCCCCCCCCCCCC(C)C)COP(=O)(O)OC[C@@H](O)COP(=O)(O)OC[C@@H](COC(=O)CCCCCCCCC(C)CC)OC(=O)CCCCCCCCCCCCCC(C)C. The van der Waals surface area contributed by atoms with E-state index in [0.29, 0.717) is 25.7 Å². The van der Waals surface area contributed by atoms with Gasteiger partial charge in [-0.05, 0) is 43.4 Å². The van der Waals surface area contributed by atoms with Crippen LogP contribution in [0.3, 0.4) is 0 Å². The maximum absolute atomic E-state index is 13.1. The van der Waals surface area contributed by atoms with Crippen LogP contribution in [0.1, 0.15) is 434 Å². The van der Waals surface area contributed by atoms with Gasteiger partial charge in [0.1, 0.15) is 19.3 Å². The molecule has 0 aromatic carbocycles. The molecule has 0 fully saturated rings. The highest BCUT2D eigenvalue weighted by Gasteiger charge is 2.30. The second-order valence-corrected chi connectivity index (χ2v) is 34.0. The van der Waals surface area contributed by atoms with Crippen molar-refractivity contribution < 1.29 is 80.2 Å². The highest BCUT2D eigenvalue weighted by molar-refractivity contribution is 7.47. The summed E-state index contributed by atoms with van der Waals surface area (Å²) in [7, 11) is -9.92. The molecule has 19 heteroatoms. The first-order chi connectivity index (χ1) is 49.3. The van der Waals surface area contributed by atoms with Gasteiger partial charge in [0.15, 0.2) is 12.2 Å². The summed E-state index contributed by atoms with van der Waals surface area (Å²) in [5.74, 6) is 0.176. The summed E-state index contributed by atoms with van der Waals surface area (Å²) in [6.07, 6.45) is 62.6. The number of aliphatic hydroxyl groups is 1. The van der Waals surface area contributed by atoms with E-state index in [9.17, 15) is 43.2 Å². The van der Waals surface area contributed by atoms with E-state index in [0.717, 1.165) is 114 Å². The number of unbranched alkanes of at least 4 members (excludes halogenated alkanes) is 48. The average molecular weight is 1490 g/mol. The van der Waals surface area contributed by atoms with Crippen LogP contribution in [-0.2, 0) is 65.4 Å². The number of ether oxygens (including phenoxy) is 4. The van der Waals surface area contributed by atoms with Crippen molar-refractivity contribution in [2.24, 2.45) is 17.8 Å². The fourth-order valence-electron chi connectivity index (χ4n) is 12.8. The molecule has 0 radical (unpaired) electrons. The van der Waals surface area contributed by atoms with Crippen LogP contribution in [0.4, 0.5) is 0 Å². The highest BCUT2D eigenvalue weighted by Crippen LogP contribution is 2.45. The van der Waals surface area contributed by atoms with Gasteiger partial charge in [-0.2, -0.15) is 0 Å². The topological polar surface area (TPSA) is 237 Å². The van der Waals surface area contributed by atoms with Crippen LogP contribution in [-0.4, -0.2) is 96.7 Å². The number of hydrogen-bond donors (Lipinski definition) is 3. The van der Waals surface area contributed by atoms with Gasteiger partial charge < -0.3 is 33.8 Å². The Morgan fingerprint density at radius 2 is 0.500 bits per heavy atom. The molecule has 0 aromatic rings. The number of esters is 4. The van der Waals surface area contributed by atoms with Crippen molar-refractivity contribution in [3.8, 4) is 0 Å². The molecule has 0 amide bonds. The van der Waals surface area contributed by atoms with Crippen molar-refractivity contribution >= 4 is 39.5 Å². The van der Waals surface area contributed by atoms with Gasteiger partial charge in [-0.25, -0.2) is 9.13 Å². The number of phosphoric ester groups is 2. The van der Waals surface area contributed by atoms with Crippen LogP contribution in [0.25, 0.3) is 0 Å². The molecule has 0 saturated heterocycles. The Hall–Kier alpha value is -1.94. The van der Waals surface area contributed by atoms with Gasteiger partial charge in [0.2, 0.25) is 0 Å². The van der Waals surface area contributed by atoms with Crippen LogP contribution in [0.2, 0.25) is 0 Å². The van der Waals surface area contributed by atoms with E-state index in [2.05, 4.69) is 48.5 Å². The first-order valence-electron chi connectivity index (χ1n) is 42.9. The molecular formula is C83H162O17P2. The second kappa shape index (κ2) is 73.2. The molecule has 0 rings (SSSR count). The molecule has 0 aliphatic rings. The molecule has 3 N–H and O–H groups in total. The fraction of sp³-hybridized carbons (Fsp3) is 0.952. The lowest BCUT2D eigenvalue weighted by molar-refractivity contribution is -0.161. The van der Waals surface area contributed by atoms with Gasteiger partial charge in [-0.15, -0.1) is 0 Å². The summed E-state index contributed by atoms with van der Waals surface area (Å²) in [5, 5.41) is 10.7. The van der Waals surface area contributed by atoms with E-state index in [4.69, 9.17) is 37.0 Å². The van der Waals surface area contributed by atoms with Gasteiger partial charge in [-0.3, -0.25) is 37.3 Å². The van der Waals surface area contributed by atoms with Crippen LogP contribution in [0, 0.1) is 17.8 Å². The third-order valence-corrected chi connectivity index (χ3v) is 21.6. The van der Waals surface area contributed by atoms with E-state index in [1.807, 2.05) is 0 Å². The summed E-state index contributed by atoms with van der Waals surface area (Å²) in [6.45, 7) is 11.9. The lowest BCUT2D eigenvalue weighted by Gasteiger charge is -2.21. The number of rotatable bonds is 81. The van der Waals surface area contributed by atoms with Gasteiger partial charge in [0.25, 0.3) is 0 Å². The highest BCUT2D eigenvalue weighted by atomic mass is 31.2. The maximum Gasteiger partial charge on any atom is 0.472 e. The summed E-state index contributed by atoms with van der Waals surface area (Å²) in [5.41, 5.74) is 0. The maximum atomic E-state index is 13.1. The average Bonchev–Trinajstić information content (AvgIpc) is 0.913. The monoisotopic (exact) mass is 1490 g/mol. The third kappa shape index (κ3) is 74.9. The zero-order chi connectivity index (χ0) is 75.1. The molecule has 0 aliphatic carbocycles. The Balaban J connectivity index is 5.22. The largest absolute Gasteiger partial charge is 0.472 e. The van der Waals surface area contributed by atoms with Gasteiger partial charge in [0.05, 0.1) is 26.4 Å². The van der Waals surface area contributed by atoms with Gasteiger partial charge in [-0.1, -0.05) is 382 Å². The van der Waals surface area contributed by atoms with Crippen molar-refractivity contribution in [1.82, 2.24) is 0 Å². The summed E-state index contributed by atoms with van der Waals surface area (Å²) in [4.78, 5) is 73.1. The van der Waals surface area contributed by atoms with E-state index in [1.54, 1.807) is 0 Å². The zero-order valence-corrected chi connectivity index (χ0v) is 68.9.